The van der Waals surface area contributed by atoms with E-state index in [4.69, 9.17) is 14.2 Å². The number of hydrogen-bond donors (Lipinski definition) is 0. The van der Waals surface area contributed by atoms with Gasteiger partial charge in [0.05, 0.1) is 13.7 Å². The number of carbonyl (C=O) groups is 2. The van der Waals surface area contributed by atoms with E-state index in [9.17, 15) is 9.59 Å². The van der Waals surface area contributed by atoms with Gasteiger partial charge in [-0.25, -0.2) is 0 Å². The second-order valence-corrected chi connectivity index (χ2v) is 7.11. The first kappa shape index (κ1) is 17.8. The molecule has 0 atom stereocenters. The van der Waals surface area contributed by atoms with Crippen LogP contribution in [0, 0.1) is 0 Å². The quantitative estimate of drug-likeness (QED) is 0.796. The molecule has 142 valence electrons. The Balaban J connectivity index is 1.88. The summed E-state index contributed by atoms with van der Waals surface area (Å²) in [4.78, 5) is 25.6. The van der Waals surface area contributed by atoms with Gasteiger partial charge in [-0.1, -0.05) is 6.07 Å². The van der Waals surface area contributed by atoms with Crippen LogP contribution in [0.5, 0.6) is 11.5 Å². The van der Waals surface area contributed by atoms with Gasteiger partial charge >= 0.3 is 0 Å². The fourth-order valence-electron chi connectivity index (χ4n) is 4.29. The number of carbonyl (C=O) groups excluding carboxylic acids is 2. The predicted octanol–water partition coefficient (Wildman–Crippen LogP) is 4.22. The van der Waals surface area contributed by atoms with Crippen LogP contribution < -0.4 is 9.47 Å². The number of rotatable bonds is 4. The molecule has 5 heteroatoms. The zero-order chi connectivity index (χ0) is 19.0. The Hall–Kier alpha value is -2.56. The monoisotopic (exact) mass is 368 g/mol. The van der Waals surface area contributed by atoms with Crippen molar-refractivity contribution in [1.29, 1.82) is 0 Å². The van der Waals surface area contributed by atoms with Crippen LogP contribution in [0.4, 0.5) is 0 Å². The number of methoxy groups -OCH3 is 1. The molecule has 0 aromatic heterocycles. The maximum absolute atomic E-state index is 12.8. The van der Waals surface area contributed by atoms with Crippen molar-refractivity contribution in [3.8, 4) is 11.5 Å². The Labute approximate surface area is 159 Å². The number of ketones is 2. The van der Waals surface area contributed by atoms with Crippen LogP contribution in [-0.2, 0) is 14.3 Å². The molecule has 1 aromatic rings. The molecular formula is C22H24O5. The first-order valence-corrected chi connectivity index (χ1v) is 9.65. The number of hydrogen-bond acceptors (Lipinski definition) is 5. The van der Waals surface area contributed by atoms with Gasteiger partial charge < -0.3 is 14.2 Å². The first-order valence-electron chi connectivity index (χ1n) is 9.65. The number of allylic oxidation sites excluding steroid dienone is 4. The molecular weight excluding hydrogens is 344 g/mol. The molecule has 0 N–H and O–H groups in total. The summed E-state index contributed by atoms with van der Waals surface area (Å²) in [5, 5.41) is 0. The van der Waals surface area contributed by atoms with Crippen molar-refractivity contribution in [2.45, 2.75) is 51.4 Å². The van der Waals surface area contributed by atoms with Gasteiger partial charge in [-0.2, -0.15) is 0 Å². The van der Waals surface area contributed by atoms with Crippen LogP contribution in [0.25, 0.3) is 0 Å². The minimum Gasteiger partial charge on any atom is -0.493 e. The fourth-order valence-corrected chi connectivity index (χ4v) is 4.29. The molecule has 0 unspecified atom stereocenters. The molecule has 1 heterocycles. The van der Waals surface area contributed by atoms with Crippen LogP contribution in [0.1, 0.15) is 56.9 Å². The van der Waals surface area contributed by atoms with Crippen molar-refractivity contribution in [1.82, 2.24) is 0 Å². The molecule has 3 aliphatic rings. The SMILES string of the molecule is CCOc1cc(C2C3=C(CCCC3=O)OC3=C2C(=O)CCC3)ccc1OC. The van der Waals surface area contributed by atoms with Gasteiger partial charge in [0, 0.05) is 42.7 Å². The standard InChI is InChI=1S/C22H24O5/c1-3-26-19-12-13(10-11-16(19)25-2)20-21-14(23)6-4-8-17(21)27-18-9-5-7-15(24)22(18)20/h10-12,20H,3-9H2,1-2H3. The van der Waals surface area contributed by atoms with E-state index in [0.717, 1.165) is 42.8 Å². The zero-order valence-corrected chi connectivity index (χ0v) is 15.8. The minimum absolute atomic E-state index is 0.0833. The molecule has 0 fully saturated rings. The van der Waals surface area contributed by atoms with Gasteiger partial charge in [0.1, 0.15) is 11.5 Å². The third kappa shape index (κ3) is 3.05. The Morgan fingerprint density at radius 3 is 2.15 bits per heavy atom. The van der Waals surface area contributed by atoms with E-state index >= 15 is 0 Å². The topological polar surface area (TPSA) is 61.8 Å². The van der Waals surface area contributed by atoms with Crippen molar-refractivity contribution in [3.05, 3.63) is 46.4 Å². The van der Waals surface area contributed by atoms with E-state index in [0.29, 0.717) is 42.1 Å². The van der Waals surface area contributed by atoms with Gasteiger partial charge in [-0.05, 0) is 37.5 Å². The summed E-state index contributed by atoms with van der Waals surface area (Å²) in [7, 11) is 1.60. The van der Waals surface area contributed by atoms with E-state index in [1.54, 1.807) is 7.11 Å². The molecule has 4 rings (SSSR count). The van der Waals surface area contributed by atoms with Crippen LogP contribution in [-0.4, -0.2) is 25.3 Å². The third-order valence-corrected chi connectivity index (χ3v) is 5.46. The van der Waals surface area contributed by atoms with E-state index in [2.05, 4.69) is 0 Å². The van der Waals surface area contributed by atoms with Gasteiger partial charge in [-0.15, -0.1) is 0 Å². The van der Waals surface area contributed by atoms with Crippen molar-refractivity contribution >= 4 is 11.6 Å². The van der Waals surface area contributed by atoms with E-state index in [1.165, 1.54) is 0 Å². The minimum atomic E-state index is -0.366. The highest BCUT2D eigenvalue weighted by atomic mass is 16.5. The van der Waals surface area contributed by atoms with Gasteiger partial charge in [0.15, 0.2) is 23.1 Å². The molecule has 27 heavy (non-hydrogen) atoms. The lowest BCUT2D eigenvalue weighted by atomic mass is 9.73. The van der Waals surface area contributed by atoms with E-state index in [-0.39, 0.29) is 17.5 Å². The maximum Gasteiger partial charge on any atom is 0.163 e. The lowest BCUT2D eigenvalue weighted by Gasteiger charge is -2.36. The number of ether oxygens (including phenoxy) is 3. The second kappa shape index (κ2) is 7.22. The predicted molar refractivity (Wildman–Crippen MR) is 99.8 cm³/mol. The van der Waals surface area contributed by atoms with Crippen LogP contribution >= 0.6 is 0 Å². The highest BCUT2D eigenvalue weighted by molar-refractivity contribution is 6.05. The number of benzene rings is 1. The molecule has 0 radical (unpaired) electrons. The average molecular weight is 368 g/mol. The molecule has 0 amide bonds. The Morgan fingerprint density at radius 2 is 1.59 bits per heavy atom. The average Bonchev–Trinajstić information content (AvgIpc) is 2.67. The largest absolute Gasteiger partial charge is 0.493 e. The summed E-state index contributed by atoms with van der Waals surface area (Å²) in [6.45, 7) is 2.42. The molecule has 1 aliphatic heterocycles. The van der Waals surface area contributed by atoms with Gasteiger partial charge in [-0.3, -0.25) is 9.59 Å². The molecule has 2 aliphatic carbocycles. The van der Waals surface area contributed by atoms with Crippen molar-refractivity contribution in [2.24, 2.45) is 0 Å². The van der Waals surface area contributed by atoms with Gasteiger partial charge in [0.25, 0.3) is 0 Å². The molecule has 0 saturated heterocycles. The lowest BCUT2D eigenvalue weighted by molar-refractivity contribution is -0.117. The summed E-state index contributed by atoms with van der Waals surface area (Å²) in [5.74, 6) is 2.56. The highest BCUT2D eigenvalue weighted by Gasteiger charge is 2.41. The molecule has 0 spiro atoms. The summed E-state index contributed by atoms with van der Waals surface area (Å²) in [6.07, 6.45) is 4.10. The van der Waals surface area contributed by atoms with Crippen molar-refractivity contribution in [3.63, 3.8) is 0 Å². The van der Waals surface area contributed by atoms with Crippen LogP contribution in [0.15, 0.2) is 40.9 Å². The normalized spacial score (nSPS) is 20.2. The summed E-state index contributed by atoms with van der Waals surface area (Å²) < 4.78 is 17.2. The maximum atomic E-state index is 12.8. The molecule has 0 saturated carbocycles. The van der Waals surface area contributed by atoms with E-state index in [1.807, 2.05) is 25.1 Å². The third-order valence-electron chi connectivity index (χ3n) is 5.46. The Bertz CT molecular complexity index is 819. The van der Waals surface area contributed by atoms with Crippen LogP contribution in [0.2, 0.25) is 0 Å². The van der Waals surface area contributed by atoms with E-state index < -0.39 is 0 Å². The number of Topliss-reactive ketones (excluding diaryl/α,β-unsaturated/α-hetero) is 2. The van der Waals surface area contributed by atoms with Crippen molar-refractivity contribution < 1.29 is 23.8 Å². The fraction of sp³-hybridized carbons (Fsp3) is 0.455. The zero-order valence-electron chi connectivity index (χ0n) is 15.8. The first-order chi connectivity index (χ1) is 13.1. The Kier molecular flexibility index (Phi) is 4.77. The Morgan fingerprint density at radius 1 is 0.963 bits per heavy atom. The van der Waals surface area contributed by atoms with Crippen molar-refractivity contribution in [2.75, 3.05) is 13.7 Å². The second-order valence-electron chi connectivity index (χ2n) is 7.11. The molecule has 0 bridgehead atoms. The lowest BCUT2D eigenvalue weighted by Crippen LogP contribution is -2.30. The summed E-state index contributed by atoms with van der Waals surface area (Å²) >= 11 is 0. The van der Waals surface area contributed by atoms with Crippen LogP contribution in [0.3, 0.4) is 0 Å². The molecule has 1 aromatic carbocycles. The van der Waals surface area contributed by atoms with Gasteiger partial charge in [0.2, 0.25) is 0 Å². The summed E-state index contributed by atoms with van der Waals surface area (Å²) in [6, 6.07) is 5.67. The molecule has 5 nitrogen and oxygen atoms in total. The highest BCUT2D eigenvalue weighted by Crippen LogP contribution is 2.48. The smallest absolute Gasteiger partial charge is 0.163 e. The summed E-state index contributed by atoms with van der Waals surface area (Å²) in [5.41, 5.74) is 2.19.